The topological polar surface area (TPSA) is 172 Å². The monoisotopic (exact) mass is 866 g/mol. The van der Waals surface area contributed by atoms with Crippen LogP contribution in [0.2, 0.25) is 0 Å². The second kappa shape index (κ2) is 29.3. The van der Waals surface area contributed by atoms with Crippen LogP contribution >= 0.6 is 0 Å². The van der Waals surface area contributed by atoms with Crippen LogP contribution in [0.25, 0.3) is 0 Å². The van der Waals surface area contributed by atoms with Crippen molar-refractivity contribution in [2.45, 2.75) is 238 Å². The molecule has 0 spiro atoms. The summed E-state index contributed by atoms with van der Waals surface area (Å²) in [4.78, 5) is 50.3. The number of aliphatic hydroxyl groups is 2. The first-order chi connectivity index (χ1) is 29.0. The van der Waals surface area contributed by atoms with Crippen LogP contribution in [0.3, 0.4) is 0 Å². The van der Waals surface area contributed by atoms with Crippen molar-refractivity contribution in [2.75, 3.05) is 14.1 Å². The third kappa shape index (κ3) is 20.0. The lowest BCUT2D eigenvalue weighted by Gasteiger charge is -2.44. The fraction of sp³-hybridized carbons (Fsp3) is 0.878. The molecular weight excluding hydrogens is 779 g/mol. The summed E-state index contributed by atoms with van der Waals surface area (Å²) in [7, 11) is 3.76. The minimum Gasteiger partial charge on any atom is -0.481 e. The van der Waals surface area contributed by atoms with E-state index in [1.807, 2.05) is 53.6 Å². The smallest absolute Gasteiger partial charge is 0.308 e. The van der Waals surface area contributed by atoms with E-state index in [1.165, 1.54) is 83.5 Å². The van der Waals surface area contributed by atoms with Crippen molar-refractivity contribution in [1.29, 1.82) is 0 Å². The van der Waals surface area contributed by atoms with Gasteiger partial charge in [0, 0.05) is 36.6 Å². The quantitative estimate of drug-likeness (QED) is 0.0409. The third-order valence-corrected chi connectivity index (χ3v) is 13.3. The lowest BCUT2D eigenvalue weighted by molar-refractivity contribution is -0.283. The molecule has 354 valence electrons. The average molecular weight is 866 g/mol. The Balaban J connectivity index is 0.000000540. The van der Waals surface area contributed by atoms with Crippen LogP contribution in [-0.2, 0) is 38.1 Å². The molecule has 3 N–H and O–H groups in total. The van der Waals surface area contributed by atoms with E-state index in [-0.39, 0.29) is 42.8 Å². The number of ketones is 1. The molecular formula is C49H87NO11. The number of aliphatic carboxylic acids is 1. The molecule has 0 aromatic rings. The SMILES string of the molecule is CCC1OC(=O)C[C@@H](O)[C@H](C)[C@@H](O[C@@H]2O[C@H](C)C[C@H](N(C)C)[C@H]2O)[C@@H](CC=O)C[C@@H](C)C(=O)/C=C/[C@]2(C)OC2C1C.CCCCCCCCCCCCCCCCCC(=O)O. The predicted octanol–water partition coefficient (Wildman–Crippen LogP) is 9.00. The Bertz CT molecular complexity index is 1290. The Morgan fingerprint density at radius 2 is 1.43 bits per heavy atom. The van der Waals surface area contributed by atoms with E-state index in [0.29, 0.717) is 25.7 Å². The van der Waals surface area contributed by atoms with Crippen molar-refractivity contribution in [2.24, 2.45) is 23.7 Å². The molecule has 0 aliphatic carbocycles. The molecule has 12 nitrogen and oxygen atoms in total. The summed E-state index contributed by atoms with van der Waals surface area (Å²) in [6.45, 7) is 13.5. The van der Waals surface area contributed by atoms with Crippen LogP contribution in [0.1, 0.15) is 183 Å². The Morgan fingerprint density at radius 1 is 0.869 bits per heavy atom. The van der Waals surface area contributed by atoms with Crippen molar-refractivity contribution in [3.63, 3.8) is 0 Å². The second-order valence-electron chi connectivity index (χ2n) is 18.9. The van der Waals surface area contributed by atoms with Crippen molar-refractivity contribution >= 4 is 24.0 Å². The van der Waals surface area contributed by atoms with Crippen LogP contribution in [0.15, 0.2) is 12.2 Å². The van der Waals surface area contributed by atoms with Crippen molar-refractivity contribution in [1.82, 2.24) is 4.90 Å². The number of likely N-dealkylation sites (N-methyl/N-ethyl adjacent to an activating group) is 1. The largest absolute Gasteiger partial charge is 0.481 e. The van der Waals surface area contributed by atoms with E-state index in [1.54, 1.807) is 19.1 Å². The number of hydrogen-bond donors (Lipinski definition) is 3. The van der Waals surface area contributed by atoms with Gasteiger partial charge in [0.2, 0.25) is 0 Å². The zero-order valence-electron chi connectivity index (χ0n) is 39.6. The van der Waals surface area contributed by atoms with Gasteiger partial charge in [0.15, 0.2) is 12.1 Å². The first-order valence-electron chi connectivity index (χ1n) is 24.1. The Labute approximate surface area is 369 Å². The minimum atomic E-state index is -1.15. The molecule has 2 fully saturated rings. The van der Waals surface area contributed by atoms with Gasteiger partial charge in [-0.15, -0.1) is 0 Å². The number of esters is 1. The number of allylic oxidation sites excluding steroid dienone is 1. The number of hydrogen-bond acceptors (Lipinski definition) is 11. The Hall–Kier alpha value is -2.22. The van der Waals surface area contributed by atoms with Crippen molar-refractivity contribution < 1.29 is 53.4 Å². The maximum atomic E-state index is 13.2. The number of fused-ring (bicyclic) bond motifs is 1. The van der Waals surface area contributed by atoms with E-state index in [0.717, 1.165) is 19.1 Å². The number of aliphatic hydroxyl groups excluding tert-OH is 2. The molecule has 0 amide bonds. The number of ether oxygens (including phenoxy) is 4. The molecule has 3 aliphatic rings. The molecule has 3 unspecified atom stereocenters. The normalized spacial score (nSPS) is 34.2. The standard InChI is InChI=1S/C31H51NO9.C18H36O2/c1-9-25-20(5)29-31(6,41-29)12-10-23(34)17(2)14-21(11-13-33)28(19(4)24(35)16-26(36)39-25)40-30-27(37)22(32(7)8)15-18(3)38-30;1-2-3-4-5-6-7-8-9-10-11-12-13-14-15-16-17-18(19)20/h10,12-13,17-22,24-25,27-30,35,37H,9,11,14-16H2,1-8H3;2-17H2,1H3,(H,19,20)/b12-10+;/t17-,18-,19+,20?,21+,22+,24-,25?,27-,28-,29?,30+,31+;/m1./s1. The molecule has 3 rings (SSSR count). The van der Waals surface area contributed by atoms with Gasteiger partial charge in [-0.2, -0.15) is 0 Å². The number of carboxylic acids is 1. The van der Waals surface area contributed by atoms with Gasteiger partial charge in [-0.05, 0) is 71.7 Å². The zero-order chi connectivity index (χ0) is 45.5. The fourth-order valence-electron chi connectivity index (χ4n) is 9.14. The molecule has 3 aliphatic heterocycles. The van der Waals surface area contributed by atoms with Crippen LogP contribution < -0.4 is 0 Å². The maximum absolute atomic E-state index is 13.2. The van der Waals surface area contributed by atoms with Gasteiger partial charge < -0.3 is 44.0 Å². The number of carbonyl (C=O) groups is 4. The highest BCUT2D eigenvalue weighted by Gasteiger charge is 2.55. The molecule has 0 radical (unpaired) electrons. The molecule has 0 aromatic carbocycles. The van der Waals surface area contributed by atoms with Gasteiger partial charge in [-0.3, -0.25) is 14.4 Å². The number of unbranched alkanes of at least 4 members (excludes halogenated alkanes) is 14. The summed E-state index contributed by atoms with van der Waals surface area (Å²) >= 11 is 0. The van der Waals surface area contributed by atoms with Gasteiger partial charge in [0.05, 0.1) is 30.8 Å². The van der Waals surface area contributed by atoms with Crippen LogP contribution in [0.5, 0.6) is 0 Å². The van der Waals surface area contributed by atoms with E-state index in [9.17, 15) is 29.4 Å². The number of epoxide rings is 1. The Kier molecular flexibility index (Phi) is 26.3. The third-order valence-electron chi connectivity index (χ3n) is 13.3. The number of aldehydes is 1. The van der Waals surface area contributed by atoms with E-state index < -0.39 is 66.0 Å². The minimum absolute atomic E-state index is 0.0707. The van der Waals surface area contributed by atoms with Gasteiger partial charge in [0.1, 0.15) is 24.1 Å². The summed E-state index contributed by atoms with van der Waals surface area (Å²) in [5.41, 5.74) is -0.637. The number of carboxylic acid groups (broad SMARTS) is 1. The highest BCUT2D eigenvalue weighted by atomic mass is 16.7. The van der Waals surface area contributed by atoms with E-state index in [2.05, 4.69) is 6.92 Å². The average Bonchev–Trinajstić information content (AvgIpc) is 3.90. The van der Waals surface area contributed by atoms with E-state index >= 15 is 0 Å². The van der Waals surface area contributed by atoms with Gasteiger partial charge in [-0.25, -0.2) is 0 Å². The molecule has 2 saturated heterocycles. The molecule has 13 atom stereocenters. The number of carbonyl (C=O) groups excluding carboxylic acids is 3. The lowest BCUT2D eigenvalue weighted by atomic mass is 9.79. The highest BCUT2D eigenvalue weighted by molar-refractivity contribution is 5.91. The fourth-order valence-corrected chi connectivity index (χ4v) is 9.14. The number of cyclic esters (lactones) is 1. The van der Waals surface area contributed by atoms with Gasteiger partial charge in [-0.1, -0.05) is 125 Å². The molecule has 3 heterocycles. The highest BCUT2D eigenvalue weighted by Crippen LogP contribution is 2.45. The summed E-state index contributed by atoms with van der Waals surface area (Å²) in [5.74, 6) is -2.97. The second-order valence-corrected chi connectivity index (χ2v) is 18.9. The molecule has 0 saturated carbocycles. The van der Waals surface area contributed by atoms with Crippen LogP contribution in [-0.4, -0.2) is 113 Å². The van der Waals surface area contributed by atoms with Gasteiger partial charge >= 0.3 is 11.9 Å². The number of nitrogens with zero attached hydrogens (tertiary/aromatic N) is 1. The molecule has 12 heteroatoms. The number of rotatable bonds is 22. The maximum Gasteiger partial charge on any atom is 0.308 e. The summed E-state index contributed by atoms with van der Waals surface area (Å²) in [5, 5.41) is 30.9. The molecule has 61 heavy (non-hydrogen) atoms. The van der Waals surface area contributed by atoms with Crippen molar-refractivity contribution in [3.05, 3.63) is 12.2 Å². The first kappa shape index (κ1) is 54.9. The summed E-state index contributed by atoms with van der Waals surface area (Å²) in [6, 6.07) is -0.219. The molecule has 0 bridgehead atoms. The van der Waals surface area contributed by atoms with Crippen LogP contribution in [0.4, 0.5) is 0 Å². The Morgan fingerprint density at radius 3 is 1.93 bits per heavy atom. The van der Waals surface area contributed by atoms with E-state index in [4.69, 9.17) is 24.1 Å². The predicted molar refractivity (Wildman–Crippen MR) is 239 cm³/mol. The zero-order valence-corrected chi connectivity index (χ0v) is 39.6. The van der Waals surface area contributed by atoms with Crippen molar-refractivity contribution in [3.8, 4) is 0 Å². The van der Waals surface area contributed by atoms with Crippen LogP contribution in [0, 0.1) is 23.7 Å². The summed E-state index contributed by atoms with van der Waals surface area (Å²) in [6.07, 6.45) is 20.8. The van der Waals surface area contributed by atoms with Gasteiger partial charge in [0.25, 0.3) is 0 Å². The first-order valence-corrected chi connectivity index (χ1v) is 24.1. The lowest BCUT2D eigenvalue weighted by Crippen LogP contribution is -2.56. The molecule has 0 aromatic heterocycles. The summed E-state index contributed by atoms with van der Waals surface area (Å²) < 4.78 is 24.2.